The summed E-state index contributed by atoms with van der Waals surface area (Å²) in [5.41, 5.74) is -0.542. The quantitative estimate of drug-likeness (QED) is 0.658. The van der Waals surface area contributed by atoms with Crippen LogP contribution in [0.25, 0.3) is 0 Å². The SMILES string of the molecule is COCCCN(C)CC1(O)CCOCC1. The fraction of sp³-hybridized carbons (Fsp3) is 1.00. The molecule has 1 aliphatic rings. The van der Waals surface area contributed by atoms with E-state index in [1.807, 2.05) is 7.05 Å². The highest BCUT2D eigenvalue weighted by atomic mass is 16.5. The minimum Gasteiger partial charge on any atom is -0.388 e. The van der Waals surface area contributed by atoms with Crippen molar-refractivity contribution in [3.05, 3.63) is 0 Å². The number of nitrogens with zero attached hydrogens (tertiary/aromatic N) is 1. The van der Waals surface area contributed by atoms with E-state index >= 15 is 0 Å². The van der Waals surface area contributed by atoms with E-state index < -0.39 is 5.60 Å². The number of likely N-dealkylation sites (N-methyl/N-ethyl adjacent to an activating group) is 1. The molecule has 1 saturated heterocycles. The first-order valence-electron chi connectivity index (χ1n) is 5.64. The van der Waals surface area contributed by atoms with Crippen LogP contribution < -0.4 is 0 Å². The van der Waals surface area contributed by atoms with Crippen molar-refractivity contribution in [2.45, 2.75) is 24.9 Å². The first-order valence-corrected chi connectivity index (χ1v) is 5.64. The van der Waals surface area contributed by atoms with Crippen LogP contribution >= 0.6 is 0 Å². The van der Waals surface area contributed by atoms with Crippen molar-refractivity contribution >= 4 is 0 Å². The van der Waals surface area contributed by atoms with Crippen molar-refractivity contribution in [2.24, 2.45) is 0 Å². The van der Waals surface area contributed by atoms with Gasteiger partial charge in [-0.15, -0.1) is 0 Å². The molecule has 1 heterocycles. The third-order valence-electron chi connectivity index (χ3n) is 2.88. The number of hydrogen-bond acceptors (Lipinski definition) is 4. The van der Waals surface area contributed by atoms with Crippen LogP contribution in [0.15, 0.2) is 0 Å². The lowest BCUT2D eigenvalue weighted by Gasteiger charge is -2.35. The average Bonchev–Trinajstić information content (AvgIpc) is 2.18. The van der Waals surface area contributed by atoms with Crippen LogP contribution in [-0.2, 0) is 9.47 Å². The Kier molecular flexibility index (Phi) is 5.53. The summed E-state index contributed by atoms with van der Waals surface area (Å²) in [6.45, 7) is 3.85. The van der Waals surface area contributed by atoms with Gasteiger partial charge in [0.05, 0.1) is 5.60 Å². The maximum atomic E-state index is 10.2. The Morgan fingerprint density at radius 3 is 2.67 bits per heavy atom. The molecule has 90 valence electrons. The van der Waals surface area contributed by atoms with E-state index in [1.165, 1.54) is 0 Å². The summed E-state index contributed by atoms with van der Waals surface area (Å²) < 4.78 is 10.2. The van der Waals surface area contributed by atoms with Gasteiger partial charge in [0.15, 0.2) is 0 Å². The lowest BCUT2D eigenvalue weighted by atomic mass is 9.94. The largest absolute Gasteiger partial charge is 0.388 e. The fourth-order valence-corrected chi connectivity index (χ4v) is 1.97. The number of ether oxygens (including phenoxy) is 2. The molecule has 4 nitrogen and oxygen atoms in total. The molecule has 0 spiro atoms. The van der Waals surface area contributed by atoms with Gasteiger partial charge in [0.1, 0.15) is 0 Å². The van der Waals surface area contributed by atoms with Gasteiger partial charge in [-0.05, 0) is 13.5 Å². The van der Waals surface area contributed by atoms with E-state index in [1.54, 1.807) is 7.11 Å². The predicted molar refractivity (Wildman–Crippen MR) is 59.0 cm³/mol. The third kappa shape index (κ3) is 4.93. The van der Waals surface area contributed by atoms with Gasteiger partial charge < -0.3 is 19.5 Å². The first kappa shape index (κ1) is 12.9. The summed E-state index contributed by atoms with van der Waals surface area (Å²) in [4.78, 5) is 2.17. The smallest absolute Gasteiger partial charge is 0.0817 e. The summed E-state index contributed by atoms with van der Waals surface area (Å²) in [7, 11) is 3.76. The van der Waals surface area contributed by atoms with Crippen LogP contribution in [0.2, 0.25) is 0 Å². The number of aliphatic hydroxyl groups is 1. The van der Waals surface area contributed by atoms with Crippen molar-refractivity contribution in [1.29, 1.82) is 0 Å². The Labute approximate surface area is 92.2 Å². The minimum atomic E-state index is -0.542. The van der Waals surface area contributed by atoms with Crippen LogP contribution in [-0.4, -0.2) is 62.7 Å². The van der Waals surface area contributed by atoms with Crippen LogP contribution in [0.5, 0.6) is 0 Å². The second-order valence-electron chi connectivity index (χ2n) is 4.42. The van der Waals surface area contributed by atoms with Crippen molar-refractivity contribution < 1.29 is 14.6 Å². The number of methoxy groups -OCH3 is 1. The summed E-state index contributed by atoms with van der Waals surface area (Å²) in [6, 6.07) is 0. The van der Waals surface area contributed by atoms with Gasteiger partial charge in [-0.25, -0.2) is 0 Å². The Morgan fingerprint density at radius 1 is 1.40 bits per heavy atom. The summed E-state index contributed by atoms with van der Waals surface area (Å²) in [5.74, 6) is 0. The van der Waals surface area contributed by atoms with Gasteiger partial charge in [-0.3, -0.25) is 0 Å². The van der Waals surface area contributed by atoms with Crippen LogP contribution in [0.1, 0.15) is 19.3 Å². The highest BCUT2D eigenvalue weighted by molar-refractivity contribution is 4.83. The molecule has 0 saturated carbocycles. The van der Waals surface area contributed by atoms with E-state index in [0.717, 1.165) is 39.0 Å². The topological polar surface area (TPSA) is 41.9 Å². The molecule has 0 aliphatic carbocycles. The Hall–Kier alpha value is -0.160. The van der Waals surface area contributed by atoms with E-state index in [4.69, 9.17) is 9.47 Å². The van der Waals surface area contributed by atoms with Crippen LogP contribution in [0.4, 0.5) is 0 Å². The van der Waals surface area contributed by atoms with Gasteiger partial charge in [0.2, 0.25) is 0 Å². The lowest BCUT2D eigenvalue weighted by Crippen LogP contribution is -2.45. The zero-order valence-electron chi connectivity index (χ0n) is 9.87. The molecule has 0 amide bonds. The molecule has 4 heteroatoms. The Balaban J connectivity index is 2.20. The average molecular weight is 217 g/mol. The van der Waals surface area contributed by atoms with Gasteiger partial charge in [-0.2, -0.15) is 0 Å². The highest BCUT2D eigenvalue weighted by Gasteiger charge is 2.30. The first-order chi connectivity index (χ1) is 7.16. The van der Waals surface area contributed by atoms with E-state index in [2.05, 4.69) is 4.90 Å². The lowest BCUT2D eigenvalue weighted by molar-refractivity contribution is -0.0772. The molecule has 1 N–H and O–H groups in total. The molecule has 1 fully saturated rings. The van der Waals surface area contributed by atoms with Gasteiger partial charge in [-0.1, -0.05) is 0 Å². The normalized spacial score (nSPS) is 20.8. The van der Waals surface area contributed by atoms with Gasteiger partial charge in [0, 0.05) is 52.9 Å². The van der Waals surface area contributed by atoms with Crippen LogP contribution in [0.3, 0.4) is 0 Å². The Morgan fingerprint density at radius 2 is 2.07 bits per heavy atom. The fourth-order valence-electron chi connectivity index (χ4n) is 1.97. The molecule has 0 aromatic rings. The number of rotatable bonds is 6. The molecule has 0 atom stereocenters. The van der Waals surface area contributed by atoms with Crippen LogP contribution in [0, 0.1) is 0 Å². The molecule has 1 aliphatic heterocycles. The van der Waals surface area contributed by atoms with E-state index in [0.29, 0.717) is 13.2 Å². The zero-order valence-corrected chi connectivity index (χ0v) is 9.87. The van der Waals surface area contributed by atoms with Crippen molar-refractivity contribution in [2.75, 3.05) is 47.1 Å². The summed E-state index contributed by atoms with van der Waals surface area (Å²) >= 11 is 0. The van der Waals surface area contributed by atoms with Gasteiger partial charge >= 0.3 is 0 Å². The van der Waals surface area contributed by atoms with Gasteiger partial charge in [0.25, 0.3) is 0 Å². The van der Waals surface area contributed by atoms with E-state index in [-0.39, 0.29) is 0 Å². The Bertz CT molecular complexity index is 169. The molecule has 0 unspecified atom stereocenters. The minimum absolute atomic E-state index is 0.542. The molecular weight excluding hydrogens is 194 g/mol. The molecular formula is C11H23NO3. The molecule has 0 aromatic carbocycles. The molecule has 15 heavy (non-hydrogen) atoms. The predicted octanol–water partition coefficient (Wildman–Crippen LogP) is 0.496. The maximum absolute atomic E-state index is 10.2. The zero-order chi connectivity index (χ0) is 11.1. The number of hydrogen-bond donors (Lipinski definition) is 1. The molecule has 0 radical (unpaired) electrons. The standard InChI is InChI=1S/C11H23NO3/c1-12(6-3-7-14-2)10-11(13)4-8-15-9-5-11/h13H,3-10H2,1-2H3. The second-order valence-corrected chi connectivity index (χ2v) is 4.42. The van der Waals surface area contributed by atoms with Crippen molar-refractivity contribution in [1.82, 2.24) is 4.90 Å². The second kappa shape index (κ2) is 6.43. The maximum Gasteiger partial charge on any atom is 0.0817 e. The molecule has 0 bridgehead atoms. The van der Waals surface area contributed by atoms with Crippen molar-refractivity contribution in [3.63, 3.8) is 0 Å². The monoisotopic (exact) mass is 217 g/mol. The van der Waals surface area contributed by atoms with E-state index in [9.17, 15) is 5.11 Å². The summed E-state index contributed by atoms with van der Waals surface area (Å²) in [6.07, 6.45) is 2.52. The highest BCUT2D eigenvalue weighted by Crippen LogP contribution is 2.21. The molecule has 0 aromatic heterocycles. The summed E-state index contributed by atoms with van der Waals surface area (Å²) in [5, 5.41) is 10.2. The molecule has 1 rings (SSSR count). The third-order valence-corrected chi connectivity index (χ3v) is 2.88. The van der Waals surface area contributed by atoms with Crippen molar-refractivity contribution in [3.8, 4) is 0 Å².